The van der Waals surface area contributed by atoms with Gasteiger partial charge in [0.15, 0.2) is 12.4 Å². The average molecular weight is 498 g/mol. The molecule has 0 bridgehead atoms. The van der Waals surface area contributed by atoms with E-state index in [9.17, 15) is 4.79 Å². The van der Waals surface area contributed by atoms with Crippen molar-refractivity contribution in [1.82, 2.24) is 4.98 Å². The van der Waals surface area contributed by atoms with Crippen LogP contribution >= 0.6 is 0 Å². The van der Waals surface area contributed by atoms with E-state index in [4.69, 9.17) is 24.0 Å². The van der Waals surface area contributed by atoms with E-state index in [-0.39, 0.29) is 12.5 Å². The summed E-state index contributed by atoms with van der Waals surface area (Å²) in [6.45, 7) is -0.365. The lowest BCUT2D eigenvalue weighted by Crippen LogP contribution is -2.41. The van der Waals surface area contributed by atoms with Gasteiger partial charge in [0.05, 0.1) is 0 Å². The molecular weight excluding hydrogens is 466 g/mol. The van der Waals surface area contributed by atoms with Gasteiger partial charge in [-0.25, -0.2) is 9.78 Å². The van der Waals surface area contributed by atoms with E-state index in [1.807, 2.05) is 66.7 Å². The predicted molar refractivity (Wildman–Crippen MR) is 141 cm³/mol. The minimum Gasteiger partial charge on any atom is -0.482 e. The SMILES string of the molecule is CO[C@]1(c2nc(-c3ccccc3)c(-c3ccccc3)o2)CCCC[C@@H]1Cc1cccc(OCC(=O)O)c1. The van der Waals surface area contributed by atoms with Gasteiger partial charge in [-0.1, -0.05) is 85.6 Å². The molecule has 190 valence electrons. The Kier molecular flexibility index (Phi) is 7.37. The highest BCUT2D eigenvalue weighted by Crippen LogP contribution is 2.48. The smallest absolute Gasteiger partial charge is 0.341 e. The Morgan fingerprint density at radius 2 is 1.73 bits per heavy atom. The summed E-state index contributed by atoms with van der Waals surface area (Å²) >= 11 is 0. The fraction of sp³-hybridized carbons (Fsp3) is 0.290. The van der Waals surface area contributed by atoms with Crippen molar-refractivity contribution in [3.05, 3.63) is 96.4 Å². The Balaban J connectivity index is 1.53. The molecule has 1 aliphatic carbocycles. The second kappa shape index (κ2) is 11.0. The molecule has 1 fully saturated rings. The number of methoxy groups -OCH3 is 1. The molecule has 37 heavy (non-hydrogen) atoms. The highest BCUT2D eigenvalue weighted by Gasteiger charge is 2.47. The van der Waals surface area contributed by atoms with Crippen LogP contribution in [0, 0.1) is 5.92 Å². The lowest BCUT2D eigenvalue weighted by atomic mass is 9.72. The summed E-state index contributed by atoms with van der Waals surface area (Å²) in [5.74, 6) is 1.03. The topological polar surface area (TPSA) is 81.8 Å². The van der Waals surface area contributed by atoms with Gasteiger partial charge in [-0.2, -0.15) is 0 Å². The predicted octanol–water partition coefficient (Wildman–Crippen LogP) is 6.75. The molecule has 0 radical (unpaired) electrons. The van der Waals surface area contributed by atoms with Crippen LogP contribution in [0.4, 0.5) is 0 Å². The normalized spacial score (nSPS) is 19.4. The number of hydrogen-bond acceptors (Lipinski definition) is 5. The van der Waals surface area contributed by atoms with Gasteiger partial charge in [-0.05, 0) is 37.0 Å². The quantitative estimate of drug-likeness (QED) is 0.276. The molecule has 0 unspecified atom stereocenters. The van der Waals surface area contributed by atoms with Crippen LogP contribution in [0.5, 0.6) is 5.75 Å². The van der Waals surface area contributed by atoms with Gasteiger partial charge in [-0.3, -0.25) is 0 Å². The maximum absolute atomic E-state index is 10.9. The fourth-order valence-corrected chi connectivity index (χ4v) is 5.39. The third-order valence-electron chi connectivity index (χ3n) is 7.19. The van der Waals surface area contributed by atoms with Crippen LogP contribution in [0.25, 0.3) is 22.6 Å². The van der Waals surface area contributed by atoms with Crippen LogP contribution in [0.2, 0.25) is 0 Å². The van der Waals surface area contributed by atoms with Crippen molar-refractivity contribution in [3.8, 4) is 28.3 Å². The van der Waals surface area contributed by atoms with Crippen molar-refractivity contribution < 1.29 is 23.8 Å². The van der Waals surface area contributed by atoms with Crippen molar-refractivity contribution >= 4 is 5.97 Å². The molecule has 1 aliphatic rings. The zero-order chi connectivity index (χ0) is 25.7. The van der Waals surface area contributed by atoms with Crippen LogP contribution in [0.15, 0.2) is 89.3 Å². The molecule has 0 spiro atoms. The molecule has 4 aromatic rings. The van der Waals surface area contributed by atoms with E-state index >= 15 is 0 Å². The summed E-state index contributed by atoms with van der Waals surface area (Å²) < 4.78 is 18.4. The Morgan fingerprint density at radius 1 is 1.00 bits per heavy atom. The summed E-state index contributed by atoms with van der Waals surface area (Å²) in [5.41, 5.74) is 3.17. The number of carbonyl (C=O) groups is 1. The van der Waals surface area contributed by atoms with E-state index in [1.165, 1.54) is 0 Å². The first-order valence-electron chi connectivity index (χ1n) is 12.7. The molecule has 6 nitrogen and oxygen atoms in total. The number of carboxylic acid groups (broad SMARTS) is 1. The van der Waals surface area contributed by atoms with Crippen LogP contribution in [0.1, 0.15) is 37.1 Å². The lowest BCUT2D eigenvalue weighted by Gasteiger charge is -2.41. The zero-order valence-corrected chi connectivity index (χ0v) is 20.9. The third-order valence-corrected chi connectivity index (χ3v) is 7.19. The summed E-state index contributed by atoms with van der Waals surface area (Å²) in [7, 11) is 1.75. The van der Waals surface area contributed by atoms with Crippen LogP contribution in [-0.4, -0.2) is 29.8 Å². The van der Waals surface area contributed by atoms with Crippen LogP contribution < -0.4 is 4.74 Å². The number of oxazole rings is 1. The molecule has 6 heteroatoms. The third kappa shape index (κ3) is 5.30. The van der Waals surface area contributed by atoms with Gasteiger partial charge in [0.2, 0.25) is 5.89 Å². The molecule has 0 aliphatic heterocycles. The molecule has 3 aromatic carbocycles. The van der Waals surface area contributed by atoms with Crippen LogP contribution in [-0.2, 0) is 21.6 Å². The highest BCUT2D eigenvalue weighted by molar-refractivity contribution is 5.76. The Labute approximate surface area is 216 Å². The Bertz CT molecular complexity index is 1280. The van der Waals surface area contributed by atoms with Crippen molar-refractivity contribution in [3.63, 3.8) is 0 Å². The van der Waals surface area contributed by atoms with Crippen molar-refractivity contribution in [2.75, 3.05) is 13.7 Å². The number of ether oxygens (including phenoxy) is 2. The second-order valence-electron chi connectivity index (χ2n) is 9.50. The summed E-state index contributed by atoms with van der Waals surface area (Å²) in [5, 5.41) is 8.96. The van der Waals surface area contributed by atoms with Gasteiger partial charge in [0, 0.05) is 24.2 Å². The van der Waals surface area contributed by atoms with Gasteiger partial charge in [0.1, 0.15) is 17.0 Å². The largest absolute Gasteiger partial charge is 0.482 e. The maximum atomic E-state index is 10.9. The maximum Gasteiger partial charge on any atom is 0.341 e. The van der Waals surface area contributed by atoms with Gasteiger partial charge in [-0.15, -0.1) is 0 Å². The van der Waals surface area contributed by atoms with Crippen LogP contribution in [0.3, 0.4) is 0 Å². The molecule has 1 heterocycles. The van der Waals surface area contributed by atoms with E-state index in [0.29, 0.717) is 11.6 Å². The molecule has 2 atom stereocenters. The molecule has 0 amide bonds. The van der Waals surface area contributed by atoms with Gasteiger partial charge < -0.3 is 19.0 Å². The van der Waals surface area contributed by atoms with Gasteiger partial charge in [0.25, 0.3) is 0 Å². The summed E-state index contributed by atoms with van der Waals surface area (Å²) in [6.07, 6.45) is 4.64. The fourth-order valence-electron chi connectivity index (χ4n) is 5.39. The number of hydrogen-bond donors (Lipinski definition) is 1. The molecular formula is C31H31NO5. The average Bonchev–Trinajstić information content (AvgIpc) is 3.40. The number of benzene rings is 3. The highest BCUT2D eigenvalue weighted by atomic mass is 16.5. The molecule has 1 aromatic heterocycles. The Hall–Kier alpha value is -3.90. The van der Waals surface area contributed by atoms with Crippen molar-refractivity contribution in [2.24, 2.45) is 5.92 Å². The first-order chi connectivity index (χ1) is 18.1. The number of aromatic nitrogens is 1. The standard InChI is InChI=1S/C31H31NO5/c1-35-31(18-9-8-16-25(31)19-22-11-10-17-26(20-22)36-21-27(33)34)30-32-28(23-12-4-2-5-13-23)29(37-30)24-14-6-3-7-15-24/h2-7,10-15,17,20,25H,8-9,16,18-19,21H2,1H3,(H,33,34)/t25-,31-/m1/s1. The first-order valence-corrected chi connectivity index (χ1v) is 12.7. The lowest BCUT2D eigenvalue weighted by molar-refractivity contribution is -0.139. The number of carboxylic acids is 1. The van der Waals surface area contributed by atoms with E-state index in [1.54, 1.807) is 13.2 Å². The van der Waals surface area contributed by atoms with E-state index in [2.05, 4.69) is 12.1 Å². The van der Waals surface area contributed by atoms with Gasteiger partial charge >= 0.3 is 5.97 Å². The summed E-state index contributed by atoms with van der Waals surface area (Å²) in [6, 6.07) is 27.8. The Morgan fingerprint density at radius 3 is 2.43 bits per heavy atom. The van der Waals surface area contributed by atoms with E-state index < -0.39 is 11.6 Å². The number of rotatable bonds is 9. The van der Waals surface area contributed by atoms with Crippen molar-refractivity contribution in [2.45, 2.75) is 37.7 Å². The monoisotopic (exact) mass is 497 g/mol. The zero-order valence-electron chi connectivity index (χ0n) is 20.9. The minimum absolute atomic E-state index is 0.131. The number of nitrogens with zero attached hydrogens (tertiary/aromatic N) is 1. The number of aliphatic carboxylic acids is 1. The molecule has 1 saturated carbocycles. The van der Waals surface area contributed by atoms with E-state index in [0.717, 1.165) is 60.2 Å². The summed E-state index contributed by atoms with van der Waals surface area (Å²) in [4.78, 5) is 16.0. The molecule has 1 N–H and O–H groups in total. The first kappa shape index (κ1) is 24.8. The second-order valence-corrected chi connectivity index (χ2v) is 9.50. The molecule has 0 saturated heterocycles. The molecule has 5 rings (SSSR count). The van der Waals surface area contributed by atoms with Crippen molar-refractivity contribution in [1.29, 1.82) is 0 Å². The minimum atomic E-state index is -0.997.